The van der Waals surface area contributed by atoms with Crippen molar-refractivity contribution in [3.05, 3.63) is 92.6 Å². The number of nitrogens with zero attached hydrogens (tertiary/aromatic N) is 4. The zero-order valence-corrected chi connectivity index (χ0v) is 17.2. The van der Waals surface area contributed by atoms with Gasteiger partial charge < -0.3 is 4.57 Å². The van der Waals surface area contributed by atoms with Crippen molar-refractivity contribution in [3.8, 4) is 5.69 Å². The molecule has 7 heteroatoms. The predicted molar refractivity (Wildman–Crippen MR) is 115 cm³/mol. The van der Waals surface area contributed by atoms with E-state index in [1.807, 2.05) is 45.0 Å². The van der Waals surface area contributed by atoms with Crippen molar-refractivity contribution in [2.75, 3.05) is 0 Å². The van der Waals surface area contributed by atoms with E-state index in [9.17, 15) is 14.0 Å². The van der Waals surface area contributed by atoms with Gasteiger partial charge in [-0.1, -0.05) is 50.2 Å². The van der Waals surface area contributed by atoms with E-state index in [0.717, 1.165) is 5.56 Å². The number of hydrogen-bond donors (Lipinski definition) is 0. The molecule has 0 atom stereocenters. The molecule has 0 aliphatic heterocycles. The molecule has 0 aliphatic carbocycles. The quantitative estimate of drug-likeness (QED) is 0.510. The minimum absolute atomic E-state index is 0.0982. The lowest BCUT2D eigenvalue weighted by atomic mass is 10.2. The Bertz CT molecular complexity index is 1350. The van der Waals surface area contributed by atoms with E-state index in [2.05, 4.69) is 4.98 Å². The van der Waals surface area contributed by atoms with E-state index in [1.165, 1.54) is 21.5 Å². The van der Waals surface area contributed by atoms with Crippen molar-refractivity contribution in [3.63, 3.8) is 0 Å². The summed E-state index contributed by atoms with van der Waals surface area (Å²) in [6.45, 7) is 6.23. The van der Waals surface area contributed by atoms with E-state index in [0.29, 0.717) is 11.3 Å². The molecule has 0 amide bonds. The molecule has 2 aromatic carbocycles. The summed E-state index contributed by atoms with van der Waals surface area (Å²) in [5.74, 6) is -0.254. The fourth-order valence-electron chi connectivity index (χ4n) is 3.67. The zero-order chi connectivity index (χ0) is 21.4. The van der Waals surface area contributed by atoms with Gasteiger partial charge in [-0.15, -0.1) is 0 Å². The summed E-state index contributed by atoms with van der Waals surface area (Å²) in [4.78, 5) is 31.0. The molecule has 2 aromatic heterocycles. The van der Waals surface area contributed by atoms with Crippen LogP contribution in [0.5, 0.6) is 0 Å². The topological polar surface area (TPSA) is 61.8 Å². The van der Waals surface area contributed by atoms with Crippen molar-refractivity contribution in [1.29, 1.82) is 0 Å². The molecule has 4 rings (SSSR count). The summed E-state index contributed by atoms with van der Waals surface area (Å²) >= 11 is 0. The number of imidazole rings is 1. The standard InChI is InChI=1S/C23H23FN4O2/c1-15(2)12-27-22(29)20-21(28(23(27)30)19-11-7-4-8-16(19)3)25-14-26(20)13-17-9-5-6-10-18(17)24/h4-11,14-15H,12-13H2,1-3H3. The maximum absolute atomic E-state index is 14.2. The monoisotopic (exact) mass is 406 g/mol. The van der Waals surface area contributed by atoms with Crippen LogP contribution in [0.4, 0.5) is 4.39 Å². The van der Waals surface area contributed by atoms with Crippen molar-refractivity contribution < 1.29 is 4.39 Å². The Morgan fingerprint density at radius 2 is 1.73 bits per heavy atom. The van der Waals surface area contributed by atoms with Crippen molar-refractivity contribution in [1.82, 2.24) is 18.7 Å². The summed E-state index contributed by atoms with van der Waals surface area (Å²) < 4.78 is 18.6. The first-order valence-electron chi connectivity index (χ1n) is 9.88. The van der Waals surface area contributed by atoms with Crippen LogP contribution in [0.15, 0.2) is 64.4 Å². The molecule has 0 unspecified atom stereocenters. The van der Waals surface area contributed by atoms with Gasteiger partial charge in [0.05, 0.1) is 18.6 Å². The van der Waals surface area contributed by atoms with Gasteiger partial charge in [-0.2, -0.15) is 0 Å². The highest BCUT2D eigenvalue weighted by atomic mass is 19.1. The lowest BCUT2D eigenvalue weighted by Gasteiger charge is -2.15. The number of hydrogen-bond acceptors (Lipinski definition) is 3. The first-order chi connectivity index (χ1) is 14.4. The van der Waals surface area contributed by atoms with Gasteiger partial charge in [-0.3, -0.25) is 9.36 Å². The van der Waals surface area contributed by atoms with Crippen LogP contribution in [0.25, 0.3) is 16.9 Å². The summed E-state index contributed by atoms with van der Waals surface area (Å²) in [7, 11) is 0. The highest BCUT2D eigenvalue weighted by molar-refractivity contribution is 5.73. The van der Waals surface area contributed by atoms with Gasteiger partial charge in [-0.25, -0.2) is 18.7 Å². The van der Waals surface area contributed by atoms with Crippen LogP contribution in [0, 0.1) is 18.7 Å². The van der Waals surface area contributed by atoms with Gasteiger partial charge in [0.2, 0.25) is 0 Å². The largest absolute Gasteiger partial charge is 0.337 e. The predicted octanol–water partition coefficient (Wildman–Crippen LogP) is 3.50. The number of rotatable bonds is 5. The smallest absolute Gasteiger partial charge is 0.320 e. The van der Waals surface area contributed by atoms with Gasteiger partial charge in [-0.05, 0) is 30.5 Å². The normalized spacial score (nSPS) is 11.5. The van der Waals surface area contributed by atoms with E-state index >= 15 is 0 Å². The van der Waals surface area contributed by atoms with Crippen LogP contribution >= 0.6 is 0 Å². The summed E-state index contributed by atoms with van der Waals surface area (Å²) in [6.07, 6.45) is 1.49. The molecule has 0 saturated heterocycles. The Kier molecular flexibility index (Phi) is 5.11. The number of aromatic nitrogens is 4. The molecule has 0 saturated carbocycles. The maximum atomic E-state index is 14.2. The van der Waals surface area contributed by atoms with Crippen molar-refractivity contribution >= 4 is 11.2 Å². The van der Waals surface area contributed by atoms with Crippen molar-refractivity contribution in [2.24, 2.45) is 5.92 Å². The Hall–Kier alpha value is -3.48. The minimum atomic E-state index is -0.424. The van der Waals surface area contributed by atoms with E-state index in [4.69, 9.17) is 0 Å². The molecule has 30 heavy (non-hydrogen) atoms. The lowest BCUT2D eigenvalue weighted by molar-refractivity contribution is 0.488. The number of benzene rings is 2. The Morgan fingerprint density at radius 1 is 1.03 bits per heavy atom. The zero-order valence-electron chi connectivity index (χ0n) is 17.2. The fourth-order valence-corrected chi connectivity index (χ4v) is 3.67. The Balaban J connectivity index is 2.04. The van der Waals surface area contributed by atoms with Gasteiger partial charge in [0, 0.05) is 12.1 Å². The van der Waals surface area contributed by atoms with Crippen LogP contribution in [0.3, 0.4) is 0 Å². The molecule has 6 nitrogen and oxygen atoms in total. The average Bonchev–Trinajstić information content (AvgIpc) is 3.12. The number of fused-ring (bicyclic) bond motifs is 1. The van der Waals surface area contributed by atoms with Crippen molar-refractivity contribution in [2.45, 2.75) is 33.9 Å². The maximum Gasteiger partial charge on any atom is 0.337 e. The van der Waals surface area contributed by atoms with Crippen LogP contribution in [-0.2, 0) is 13.1 Å². The SMILES string of the molecule is Cc1ccccc1-n1c(=O)n(CC(C)C)c(=O)c2c1ncn2Cc1ccccc1F. The number of aryl methyl sites for hydroxylation is 1. The molecular formula is C23H23FN4O2. The van der Waals surface area contributed by atoms with E-state index < -0.39 is 11.2 Å². The van der Waals surface area contributed by atoms with E-state index in [1.54, 1.807) is 22.8 Å². The first-order valence-corrected chi connectivity index (χ1v) is 9.88. The van der Waals surface area contributed by atoms with Crippen LogP contribution in [-0.4, -0.2) is 18.7 Å². The number of halogens is 1. The second-order valence-corrected chi connectivity index (χ2v) is 7.85. The molecule has 0 aliphatic rings. The highest BCUT2D eigenvalue weighted by Crippen LogP contribution is 2.18. The second-order valence-electron chi connectivity index (χ2n) is 7.85. The third-order valence-corrected chi connectivity index (χ3v) is 5.10. The fraction of sp³-hybridized carbons (Fsp3) is 0.261. The minimum Gasteiger partial charge on any atom is -0.320 e. The molecule has 0 radical (unpaired) electrons. The van der Waals surface area contributed by atoms with Crippen LogP contribution < -0.4 is 11.2 Å². The number of para-hydroxylation sites is 1. The van der Waals surface area contributed by atoms with Gasteiger partial charge in [0.1, 0.15) is 5.82 Å². The summed E-state index contributed by atoms with van der Waals surface area (Å²) in [5, 5.41) is 0. The van der Waals surface area contributed by atoms with Crippen LogP contribution in [0.1, 0.15) is 25.0 Å². The molecule has 154 valence electrons. The summed E-state index contributed by atoms with van der Waals surface area (Å²) in [6, 6.07) is 13.9. The average molecular weight is 406 g/mol. The van der Waals surface area contributed by atoms with E-state index in [-0.39, 0.29) is 36.0 Å². The third-order valence-electron chi connectivity index (χ3n) is 5.10. The Morgan fingerprint density at radius 3 is 2.43 bits per heavy atom. The molecule has 2 heterocycles. The first kappa shape index (κ1) is 19.8. The molecule has 0 bridgehead atoms. The highest BCUT2D eigenvalue weighted by Gasteiger charge is 2.21. The lowest BCUT2D eigenvalue weighted by Crippen LogP contribution is -2.41. The van der Waals surface area contributed by atoms with Crippen LogP contribution in [0.2, 0.25) is 0 Å². The Labute approximate surface area is 172 Å². The summed E-state index contributed by atoms with van der Waals surface area (Å²) in [5.41, 5.74) is 1.71. The molecule has 0 N–H and O–H groups in total. The molecule has 4 aromatic rings. The van der Waals surface area contributed by atoms with Gasteiger partial charge in [0.25, 0.3) is 5.56 Å². The molecule has 0 spiro atoms. The second kappa shape index (κ2) is 7.74. The molecular weight excluding hydrogens is 383 g/mol. The van der Waals surface area contributed by atoms with Gasteiger partial charge >= 0.3 is 5.69 Å². The third kappa shape index (κ3) is 3.36. The van der Waals surface area contributed by atoms with Gasteiger partial charge in [0.15, 0.2) is 11.2 Å². The molecule has 0 fully saturated rings.